The summed E-state index contributed by atoms with van der Waals surface area (Å²) in [6.07, 6.45) is 0. The highest BCUT2D eigenvalue weighted by molar-refractivity contribution is 7.90. The largest absolute Gasteiger partial charge is 0.399 e. The van der Waals surface area contributed by atoms with Crippen molar-refractivity contribution in [1.29, 1.82) is 0 Å². The average molecular weight is 271 g/mol. The molecule has 1 rings (SSSR count). The van der Waals surface area contributed by atoms with Gasteiger partial charge in [0.05, 0.1) is 4.90 Å². The van der Waals surface area contributed by atoms with Gasteiger partial charge in [-0.25, -0.2) is 17.9 Å². The number of urea groups is 1. The summed E-state index contributed by atoms with van der Waals surface area (Å²) in [4.78, 5) is 11.4. The second kappa shape index (κ2) is 5.26. The predicted molar refractivity (Wildman–Crippen MR) is 69.6 cm³/mol. The number of amides is 2. The van der Waals surface area contributed by atoms with E-state index in [9.17, 15) is 13.2 Å². The summed E-state index contributed by atoms with van der Waals surface area (Å²) >= 11 is 0. The third kappa shape index (κ3) is 3.92. The molecular formula is C11H17N3O3S. The zero-order valence-electron chi connectivity index (χ0n) is 10.5. The van der Waals surface area contributed by atoms with E-state index in [4.69, 9.17) is 5.73 Å². The van der Waals surface area contributed by atoms with E-state index in [-0.39, 0.29) is 10.9 Å². The van der Waals surface area contributed by atoms with E-state index in [2.05, 4.69) is 5.32 Å². The summed E-state index contributed by atoms with van der Waals surface area (Å²) in [5, 5.41) is 2.44. The van der Waals surface area contributed by atoms with E-state index in [0.29, 0.717) is 11.3 Å². The van der Waals surface area contributed by atoms with Gasteiger partial charge in [-0.15, -0.1) is 0 Å². The molecule has 7 heteroatoms. The smallest absolute Gasteiger partial charge is 0.328 e. The fourth-order valence-corrected chi connectivity index (χ4v) is 2.46. The number of hydrogen-bond acceptors (Lipinski definition) is 4. The zero-order chi connectivity index (χ0) is 13.9. The van der Waals surface area contributed by atoms with Crippen LogP contribution in [0.15, 0.2) is 23.1 Å². The molecule has 0 unspecified atom stereocenters. The van der Waals surface area contributed by atoms with E-state index in [1.165, 1.54) is 12.1 Å². The molecule has 0 radical (unpaired) electrons. The minimum Gasteiger partial charge on any atom is -0.399 e. The molecule has 0 bridgehead atoms. The number of hydrogen-bond donors (Lipinski definition) is 3. The molecule has 0 saturated heterocycles. The maximum Gasteiger partial charge on any atom is 0.328 e. The number of sulfonamides is 1. The van der Waals surface area contributed by atoms with Crippen molar-refractivity contribution in [2.45, 2.75) is 31.7 Å². The van der Waals surface area contributed by atoms with Crippen LogP contribution >= 0.6 is 0 Å². The Bertz CT molecular complexity index is 532. The molecule has 100 valence electrons. The van der Waals surface area contributed by atoms with E-state index >= 15 is 0 Å². The van der Waals surface area contributed by atoms with Crippen LogP contribution in [0, 0.1) is 6.92 Å². The van der Waals surface area contributed by atoms with Crippen molar-refractivity contribution < 1.29 is 13.2 Å². The van der Waals surface area contributed by atoms with Gasteiger partial charge >= 0.3 is 6.03 Å². The highest BCUT2D eigenvalue weighted by atomic mass is 32.2. The summed E-state index contributed by atoms with van der Waals surface area (Å²) in [6, 6.07) is 3.49. The summed E-state index contributed by atoms with van der Waals surface area (Å²) in [5.74, 6) is 0. The van der Waals surface area contributed by atoms with Crippen molar-refractivity contribution in [3.05, 3.63) is 23.8 Å². The van der Waals surface area contributed by atoms with Gasteiger partial charge in [0.25, 0.3) is 10.0 Å². The van der Waals surface area contributed by atoms with Crippen LogP contribution < -0.4 is 15.8 Å². The normalized spacial score (nSPS) is 11.3. The van der Waals surface area contributed by atoms with Crippen molar-refractivity contribution >= 4 is 21.7 Å². The first-order valence-corrected chi connectivity index (χ1v) is 6.89. The lowest BCUT2D eigenvalue weighted by molar-refractivity contribution is 0.243. The lowest BCUT2D eigenvalue weighted by atomic mass is 10.2. The second-order valence-corrected chi connectivity index (χ2v) is 6.00. The molecule has 0 atom stereocenters. The molecule has 2 amide bonds. The van der Waals surface area contributed by atoms with E-state index in [1.54, 1.807) is 26.8 Å². The third-order valence-electron chi connectivity index (χ3n) is 2.03. The van der Waals surface area contributed by atoms with Crippen LogP contribution in [0.5, 0.6) is 0 Å². The molecule has 6 nitrogen and oxygen atoms in total. The Morgan fingerprint density at radius 1 is 1.28 bits per heavy atom. The zero-order valence-corrected chi connectivity index (χ0v) is 11.3. The molecule has 0 aliphatic rings. The number of nitrogens with one attached hydrogen (secondary N) is 2. The van der Waals surface area contributed by atoms with Gasteiger partial charge in [-0.2, -0.15) is 0 Å². The topological polar surface area (TPSA) is 101 Å². The quantitative estimate of drug-likeness (QED) is 0.713. The summed E-state index contributed by atoms with van der Waals surface area (Å²) in [5.41, 5.74) is 6.62. The third-order valence-corrected chi connectivity index (χ3v) is 3.34. The highest BCUT2D eigenvalue weighted by Crippen LogP contribution is 2.15. The van der Waals surface area contributed by atoms with Crippen LogP contribution in [0.4, 0.5) is 10.5 Å². The van der Waals surface area contributed by atoms with E-state index in [1.807, 2.05) is 4.72 Å². The van der Waals surface area contributed by atoms with Gasteiger partial charge in [-0.05, 0) is 44.5 Å². The molecular weight excluding hydrogens is 254 g/mol. The van der Waals surface area contributed by atoms with Gasteiger partial charge in [-0.3, -0.25) is 0 Å². The molecule has 1 aromatic rings. The first-order chi connectivity index (χ1) is 8.20. The Hall–Kier alpha value is -1.76. The lowest BCUT2D eigenvalue weighted by Crippen LogP contribution is -2.42. The maximum atomic E-state index is 11.9. The number of anilines is 1. The predicted octanol–water partition coefficient (Wildman–Crippen LogP) is 0.974. The van der Waals surface area contributed by atoms with Crippen LogP contribution in [0.3, 0.4) is 0 Å². The van der Waals surface area contributed by atoms with Crippen LogP contribution in [-0.4, -0.2) is 20.5 Å². The first-order valence-electron chi connectivity index (χ1n) is 5.41. The van der Waals surface area contributed by atoms with Gasteiger partial charge < -0.3 is 11.1 Å². The molecule has 1 aromatic carbocycles. The number of rotatable bonds is 3. The van der Waals surface area contributed by atoms with Crippen molar-refractivity contribution in [3.63, 3.8) is 0 Å². The monoisotopic (exact) mass is 271 g/mol. The van der Waals surface area contributed by atoms with Crippen molar-refractivity contribution in [2.75, 3.05) is 5.73 Å². The number of nitrogens with two attached hydrogens (primary N) is 1. The Balaban J connectivity index is 2.96. The summed E-state index contributed by atoms with van der Waals surface area (Å²) in [7, 11) is -3.89. The van der Waals surface area contributed by atoms with E-state index < -0.39 is 16.1 Å². The Kier molecular flexibility index (Phi) is 4.18. The standard InChI is InChI=1S/C11H17N3O3S/c1-7(2)13-11(15)14-18(16,17)10-5-8(3)4-9(12)6-10/h4-7H,12H2,1-3H3,(H2,13,14,15). The number of benzene rings is 1. The molecule has 0 heterocycles. The first kappa shape index (κ1) is 14.3. The van der Waals surface area contributed by atoms with Gasteiger partial charge in [0.2, 0.25) is 0 Å². The number of carbonyl (C=O) groups is 1. The fraction of sp³-hybridized carbons (Fsp3) is 0.364. The molecule has 18 heavy (non-hydrogen) atoms. The van der Waals surface area contributed by atoms with Crippen LogP contribution in [0.2, 0.25) is 0 Å². The minimum absolute atomic E-state index is 0.0288. The fourth-order valence-electron chi connectivity index (χ4n) is 1.40. The van der Waals surface area contributed by atoms with E-state index in [0.717, 1.165) is 0 Å². The van der Waals surface area contributed by atoms with Gasteiger partial charge in [-0.1, -0.05) is 0 Å². The Morgan fingerprint density at radius 2 is 1.89 bits per heavy atom. The van der Waals surface area contributed by atoms with Gasteiger partial charge in [0.1, 0.15) is 0 Å². The molecule has 0 aliphatic carbocycles. The molecule has 0 saturated carbocycles. The maximum absolute atomic E-state index is 11.9. The SMILES string of the molecule is Cc1cc(N)cc(S(=O)(=O)NC(=O)NC(C)C)c1. The summed E-state index contributed by atoms with van der Waals surface area (Å²) in [6.45, 7) is 5.19. The van der Waals surface area contributed by atoms with Crippen LogP contribution in [0.1, 0.15) is 19.4 Å². The minimum atomic E-state index is -3.89. The molecule has 0 aliphatic heterocycles. The van der Waals surface area contributed by atoms with Crippen molar-refractivity contribution in [3.8, 4) is 0 Å². The van der Waals surface area contributed by atoms with Crippen molar-refractivity contribution in [2.24, 2.45) is 0 Å². The summed E-state index contributed by atoms with van der Waals surface area (Å²) < 4.78 is 25.7. The van der Waals surface area contributed by atoms with Crippen LogP contribution in [-0.2, 0) is 10.0 Å². The Labute approximate surface area is 107 Å². The molecule has 4 N–H and O–H groups in total. The van der Waals surface area contributed by atoms with Gasteiger partial charge in [0, 0.05) is 11.7 Å². The molecule has 0 spiro atoms. The lowest BCUT2D eigenvalue weighted by Gasteiger charge is -2.11. The van der Waals surface area contributed by atoms with Gasteiger partial charge in [0.15, 0.2) is 0 Å². The number of nitrogen functional groups attached to an aromatic ring is 1. The average Bonchev–Trinajstić information content (AvgIpc) is 2.13. The second-order valence-electron chi connectivity index (χ2n) is 4.31. The van der Waals surface area contributed by atoms with Crippen molar-refractivity contribution in [1.82, 2.24) is 10.0 Å². The van der Waals surface area contributed by atoms with Crippen LogP contribution in [0.25, 0.3) is 0 Å². The highest BCUT2D eigenvalue weighted by Gasteiger charge is 2.18. The molecule has 0 fully saturated rings. The Morgan fingerprint density at radius 3 is 2.39 bits per heavy atom. The molecule has 0 aromatic heterocycles. The number of aryl methyl sites for hydroxylation is 1. The number of carbonyl (C=O) groups excluding carboxylic acids is 1.